The number of nitrogens with zero attached hydrogens (tertiary/aromatic N) is 4. The Morgan fingerprint density at radius 1 is 0.475 bits per heavy atom. The van der Waals surface area contributed by atoms with E-state index in [-0.39, 0.29) is 71.6 Å². The molecule has 0 atom stereocenters. The number of fused-ring (bicyclic) bond motifs is 10. The second-order valence-corrected chi connectivity index (χ2v) is 26.5. The molecule has 0 radical (unpaired) electrons. The molecule has 0 amide bonds. The van der Waals surface area contributed by atoms with Gasteiger partial charge in [0.25, 0.3) is 6.33 Å². The van der Waals surface area contributed by atoms with Crippen LogP contribution in [-0.4, -0.2) is 14.1 Å². The third kappa shape index (κ3) is 9.64. The fourth-order valence-corrected chi connectivity index (χ4v) is 10.9. The zero-order valence-corrected chi connectivity index (χ0v) is 50.8. The van der Waals surface area contributed by atoms with Crippen molar-refractivity contribution in [3.63, 3.8) is 0 Å². The zero-order chi connectivity index (χ0) is 62.7. The van der Waals surface area contributed by atoms with Gasteiger partial charge >= 0.3 is 0 Å². The standard InChI is InChI=1S/C74H72N4O.Pt/c1-70(2,3)47-33-34-75-67(42-47)78-64-30-21-20-29-59(64)60-32-31-54(44-65(60)78)79-53-24-22-23-52(43-53)76-45-77-68-61(46-35-48(71(4,5)6)37-49(36-46)72(7,8)9)38-50(73(10,11)12)39-62(68)57-27-18-16-25-55(57)56-26-17-19-28-58(56)63-40-51(74(13,14)15)41-66(76)69(63)77;/h16-42H,1-15H3;/q-2;/i16D,17D,18D,19D,25D,26D,27D,28D;. The molecule has 1 aliphatic rings. The summed E-state index contributed by atoms with van der Waals surface area (Å²) in [6.45, 7) is 32.4. The van der Waals surface area contributed by atoms with Gasteiger partial charge in [-0.25, -0.2) is 4.98 Å². The molecule has 1 aliphatic heterocycles. The summed E-state index contributed by atoms with van der Waals surface area (Å²) in [7, 11) is 0. The predicted octanol–water partition coefficient (Wildman–Crippen LogP) is 19.1. The molecule has 0 N–H and O–H groups in total. The first-order valence-electron chi connectivity index (χ1n) is 31.4. The monoisotopic (exact) mass is 1240 g/mol. The number of benzene rings is 8. The average molecular weight is 1240 g/mol. The molecular formula is C74H72N4OPt-2. The van der Waals surface area contributed by atoms with E-state index in [9.17, 15) is 11.0 Å². The van der Waals surface area contributed by atoms with Crippen LogP contribution in [0.15, 0.2) is 164 Å². The maximum atomic E-state index is 10.1. The van der Waals surface area contributed by atoms with Gasteiger partial charge in [0.2, 0.25) is 0 Å². The van der Waals surface area contributed by atoms with Crippen LogP contribution in [0.2, 0.25) is 0 Å². The van der Waals surface area contributed by atoms with Crippen LogP contribution in [0.4, 0.5) is 0 Å². The molecule has 0 aliphatic carbocycles. The first-order chi connectivity index (χ1) is 40.6. The van der Waals surface area contributed by atoms with Crippen molar-refractivity contribution < 1.29 is 41.3 Å². The van der Waals surface area contributed by atoms with Gasteiger partial charge < -0.3 is 13.9 Å². The molecule has 80 heavy (non-hydrogen) atoms. The number of hydrogen-bond acceptors (Lipinski definition) is 2. The fourth-order valence-electron chi connectivity index (χ4n) is 10.9. The zero-order valence-electron chi connectivity index (χ0n) is 56.5. The van der Waals surface area contributed by atoms with E-state index in [1.807, 2.05) is 63.9 Å². The molecule has 0 fully saturated rings. The van der Waals surface area contributed by atoms with Gasteiger partial charge in [0.15, 0.2) is 0 Å². The Hall–Kier alpha value is -7.33. The Morgan fingerprint density at radius 2 is 1.01 bits per heavy atom. The van der Waals surface area contributed by atoms with Crippen molar-refractivity contribution in [1.29, 1.82) is 0 Å². The average Bonchev–Trinajstić information content (AvgIpc) is 1.45. The van der Waals surface area contributed by atoms with E-state index in [4.69, 9.17) is 9.72 Å². The van der Waals surface area contributed by atoms with Crippen molar-refractivity contribution >= 4 is 32.8 Å². The van der Waals surface area contributed by atoms with Crippen LogP contribution < -0.4 is 9.30 Å². The molecule has 0 spiro atoms. The van der Waals surface area contributed by atoms with Crippen LogP contribution in [0.1, 0.15) is 143 Å². The molecule has 0 saturated carbocycles. The van der Waals surface area contributed by atoms with Crippen LogP contribution in [0, 0.1) is 18.5 Å². The maximum absolute atomic E-state index is 10.1. The van der Waals surface area contributed by atoms with Crippen LogP contribution in [-0.2, 0) is 48.1 Å². The van der Waals surface area contributed by atoms with E-state index in [1.54, 1.807) is 0 Å². The van der Waals surface area contributed by atoms with E-state index < -0.39 is 47.1 Å². The maximum Gasteiger partial charge on any atom is 0.268 e. The second-order valence-electron chi connectivity index (χ2n) is 26.5. The Morgan fingerprint density at radius 3 is 1.64 bits per heavy atom. The molecule has 406 valence electrons. The molecule has 11 aromatic rings. The summed E-state index contributed by atoms with van der Waals surface area (Å²) in [6.07, 6.45) is 5.69. The van der Waals surface area contributed by atoms with Gasteiger partial charge in [0, 0.05) is 44.3 Å². The molecule has 5 nitrogen and oxygen atoms in total. The van der Waals surface area contributed by atoms with Crippen molar-refractivity contribution in [2.75, 3.05) is 0 Å². The number of ether oxygens (including phenoxy) is 1. The molecule has 8 aromatic carbocycles. The number of hydrogen-bond donors (Lipinski definition) is 0. The summed E-state index contributed by atoms with van der Waals surface area (Å²) in [5, 5.41) is 2.05. The summed E-state index contributed by atoms with van der Waals surface area (Å²) in [5.41, 5.74) is 10.0. The smallest absolute Gasteiger partial charge is 0.268 e. The molecule has 0 unspecified atom stereocenters. The van der Waals surface area contributed by atoms with Crippen LogP contribution >= 0.6 is 0 Å². The van der Waals surface area contributed by atoms with Crippen LogP contribution in [0.25, 0.3) is 94.5 Å². The van der Waals surface area contributed by atoms with Gasteiger partial charge in [-0.3, -0.25) is 4.57 Å². The van der Waals surface area contributed by atoms with Crippen molar-refractivity contribution in [2.24, 2.45) is 0 Å². The minimum Gasteiger partial charge on any atom is -0.510 e. The third-order valence-corrected chi connectivity index (χ3v) is 15.6. The molecule has 3 aromatic heterocycles. The summed E-state index contributed by atoms with van der Waals surface area (Å²) < 4.78 is 90.1. The third-order valence-electron chi connectivity index (χ3n) is 15.6. The molecular weight excluding hydrogens is 1160 g/mol. The van der Waals surface area contributed by atoms with Crippen molar-refractivity contribution in [3.05, 3.63) is 210 Å². The van der Waals surface area contributed by atoms with Crippen molar-refractivity contribution in [3.8, 4) is 73.2 Å². The van der Waals surface area contributed by atoms with Gasteiger partial charge in [-0.1, -0.05) is 212 Å². The van der Waals surface area contributed by atoms with E-state index in [0.29, 0.717) is 45.0 Å². The minimum absolute atomic E-state index is 0. The van der Waals surface area contributed by atoms with Gasteiger partial charge in [-0.05, 0) is 135 Å². The Balaban J connectivity index is 0.00000800. The summed E-state index contributed by atoms with van der Waals surface area (Å²) >= 11 is 0. The van der Waals surface area contributed by atoms with E-state index in [1.165, 1.54) is 0 Å². The van der Waals surface area contributed by atoms with E-state index in [2.05, 4.69) is 188 Å². The van der Waals surface area contributed by atoms with Crippen molar-refractivity contribution in [2.45, 2.75) is 131 Å². The van der Waals surface area contributed by atoms with Gasteiger partial charge in [0.1, 0.15) is 5.82 Å². The van der Waals surface area contributed by atoms with Crippen LogP contribution in [0.3, 0.4) is 0 Å². The normalized spacial score (nSPS) is 14.2. The molecule has 0 saturated heterocycles. The first kappa shape index (κ1) is 45.4. The van der Waals surface area contributed by atoms with E-state index >= 15 is 0 Å². The molecule has 12 rings (SSSR count). The van der Waals surface area contributed by atoms with E-state index in [0.717, 1.165) is 66.6 Å². The quantitative estimate of drug-likeness (QED) is 0.127. The van der Waals surface area contributed by atoms with Crippen LogP contribution in [0.5, 0.6) is 11.5 Å². The number of aromatic nitrogens is 4. The number of imidazole rings is 1. The molecule has 0 bridgehead atoms. The Bertz CT molecular complexity index is 4700. The fraction of sp³-hybridized carbons (Fsp3) is 0.270. The molecule has 4 heterocycles. The summed E-state index contributed by atoms with van der Waals surface area (Å²) in [4.78, 5) is 4.89. The molecule has 6 heteroatoms. The number of para-hydroxylation sites is 1. The number of pyridine rings is 1. The topological polar surface area (TPSA) is 35.9 Å². The van der Waals surface area contributed by atoms with Gasteiger partial charge in [0.05, 0.1) is 27.7 Å². The Kier molecular flexibility index (Phi) is 11.0. The van der Waals surface area contributed by atoms with Gasteiger partial charge in [-0.2, -0.15) is 18.2 Å². The van der Waals surface area contributed by atoms with Crippen molar-refractivity contribution in [1.82, 2.24) is 14.1 Å². The first-order valence-corrected chi connectivity index (χ1v) is 27.4. The summed E-state index contributed by atoms with van der Waals surface area (Å²) in [5.74, 6) is 1.62. The number of rotatable bonds is 5. The Labute approximate surface area is 499 Å². The summed E-state index contributed by atoms with van der Waals surface area (Å²) in [6, 6.07) is 40.8. The van der Waals surface area contributed by atoms with Gasteiger partial charge in [-0.15, -0.1) is 29.7 Å². The largest absolute Gasteiger partial charge is 0.510 e. The minimum atomic E-state index is -0.535. The second kappa shape index (κ2) is 19.4. The predicted molar refractivity (Wildman–Crippen MR) is 329 cm³/mol. The SMILES string of the molecule is [2H]c1c([2H])c([2H])c2c(c1[2H])-c1cc(C(C)(C)C)cc(-c3cc(C(C)(C)C)cc(C(C)(C)C)c3)c1-[n+]1[c-]n(-c3[c-]c(Oc4[c-]c5c(cc4)c4ccccc4n5-c4cc(C(C)(C)C)ccn4)ccc3)c3cc(C(C)(C)C)cc(c31)-c1c([2H])c([2H])c([2H])c([2H])c1-2.[Pt].